The van der Waals surface area contributed by atoms with Gasteiger partial charge >= 0.3 is 6.18 Å². The molecule has 0 aromatic carbocycles. The molecule has 3 aromatic rings. The summed E-state index contributed by atoms with van der Waals surface area (Å²) >= 11 is 0. The van der Waals surface area contributed by atoms with E-state index in [4.69, 9.17) is 0 Å². The van der Waals surface area contributed by atoms with Crippen LogP contribution >= 0.6 is 0 Å². The van der Waals surface area contributed by atoms with Crippen molar-refractivity contribution in [3.8, 4) is 17.5 Å². The topological polar surface area (TPSA) is 119 Å². The smallest absolute Gasteiger partial charge is 0.355 e. The van der Waals surface area contributed by atoms with Gasteiger partial charge in [0.2, 0.25) is 5.91 Å². The van der Waals surface area contributed by atoms with E-state index in [0.717, 1.165) is 5.39 Å². The van der Waals surface area contributed by atoms with Crippen molar-refractivity contribution >= 4 is 22.8 Å². The maximum absolute atomic E-state index is 12.4. The molecule has 0 aliphatic rings. The molecule has 1 amide bonds. The lowest BCUT2D eigenvalue weighted by Gasteiger charge is -2.26. The van der Waals surface area contributed by atoms with E-state index in [0.29, 0.717) is 11.2 Å². The third-order valence-electron chi connectivity index (χ3n) is 4.05. The Hall–Kier alpha value is -3.68. The highest BCUT2D eigenvalue weighted by Crippen LogP contribution is 2.27. The van der Waals surface area contributed by atoms with Crippen molar-refractivity contribution in [2.45, 2.75) is 25.6 Å². The maximum atomic E-state index is 12.4. The van der Waals surface area contributed by atoms with Gasteiger partial charge in [-0.2, -0.15) is 18.4 Å². The molecule has 0 spiro atoms. The van der Waals surface area contributed by atoms with Crippen molar-refractivity contribution < 1.29 is 22.2 Å². The summed E-state index contributed by atoms with van der Waals surface area (Å²) < 4.78 is 37.1. The van der Waals surface area contributed by atoms with E-state index in [-0.39, 0.29) is 21.5 Å². The van der Waals surface area contributed by atoms with E-state index in [1.165, 1.54) is 20.0 Å². The number of alkyl halides is 3. The Balaban J connectivity index is 0.00000320. The van der Waals surface area contributed by atoms with Gasteiger partial charge in [0.25, 0.3) is 0 Å². The predicted molar refractivity (Wildman–Crippen MR) is 105 cm³/mol. The van der Waals surface area contributed by atoms with Gasteiger partial charge in [-0.25, -0.2) is 15.0 Å². The van der Waals surface area contributed by atoms with E-state index in [1.807, 2.05) is 17.5 Å². The Kier molecular flexibility index (Phi) is 5.11. The van der Waals surface area contributed by atoms with Gasteiger partial charge in [-0.3, -0.25) is 4.79 Å². The van der Waals surface area contributed by atoms with Crippen LogP contribution in [0.1, 0.15) is 23.7 Å². The zero-order valence-electron chi connectivity index (χ0n) is 15.4. The third-order valence-corrected chi connectivity index (χ3v) is 4.05. The van der Waals surface area contributed by atoms with Gasteiger partial charge in [-0.15, -0.1) is 0 Å². The van der Waals surface area contributed by atoms with Crippen LogP contribution < -0.4 is 10.6 Å². The van der Waals surface area contributed by atoms with E-state index in [2.05, 4.69) is 25.3 Å². The number of nitrogens with zero attached hydrogens (tertiary/aromatic N) is 4. The minimum atomic E-state index is -4.53. The lowest BCUT2D eigenvalue weighted by Crippen LogP contribution is -2.50. The standard InChI is InChI=1S/C18H16F3N7O.3H2/c1-17(2,16(29)26-9-18(19,20)21)28-13-10(6-22)7-24-15(27-13)12-8-25-14-11(12)4-3-5-23-14;;;/h3-5,7-8H,9H2,1-2H3,(H,23,25)(H,26,29)(H,24,27,28);3*1H. The number of nitrogens with one attached hydrogen (secondary N) is 3. The molecule has 0 unspecified atom stereocenters. The summed E-state index contributed by atoms with van der Waals surface area (Å²) in [6.45, 7) is 1.31. The van der Waals surface area contributed by atoms with Gasteiger partial charge in [0.15, 0.2) is 5.82 Å². The fourth-order valence-electron chi connectivity index (χ4n) is 2.58. The number of pyridine rings is 1. The first-order valence-electron chi connectivity index (χ1n) is 8.43. The van der Waals surface area contributed by atoms with Gasteiger partial charge in [0, 0.05) is 27.6 Å². The second kappa shape index (κ2) is 7.38. The van der Waals surface area contributed by atoms with Crippen LogP contribution in [0.3, 0.4) is 0 Å². The minimum absolute atomic E-state index is 0. The molecule has 0 aliphatic heterocycles. The number of amides is 1. The van der Waals surface area contributed by atoms with Gasteiger partial charge in [0.1, 0.15) is 35.2 Å². The summed E-state index contributed by atoms with van der Waals surface area (Å²) in [5.41, 5.74) is -0.176. The summed E-state index contributed by atoms with van der Waals surface area (Å²) in [6, 6.07) is 5.47. The number of aromatic amines is 1. The zero-order valence-corrected chi connectivity index (χ0v) is 15.4. The number of hydrogen-bond acceptors (Lipinski definition) is 6. The largest absolute Gasteiger partial charge is 0.405 e. The minimum Gasteiger partial charge on any atom is -0.355 e. The number of anilines is 1. The van der Waals surface area contributed by atoms with Crippen LogP contribution in [0.2, 0.25) is 0 Å². The first-order chi connectivity index (χ1) is 13.6. The Labute approximate surface area is 167 Å². The molecule has 0 aliphatic carbocycles. The summed E-state index contributed by atoms with van der Waals surface area (Å²) in [5.74, 6) is -0.602. The van der Waals surface area contributed by atoms with Crippen LogP contribution in [-0.2, 0) is 4.79 Å². The quantitative estimate of drug-likeness (QED) is 0.593. The fraction of sp³-hybridized carbons (Fsp3) is 0.278. The number of nitriles is 1. The Morgan fingerprint density at radius 2 is 2.10 bits per heavy atom. The fourth-order valence-corrected chi connectivity index (χ4v) is 2.58. The summed E-state index contributed by atoms with van der Waals surface area (Å²) in [5, 5.41) is 14.6. The van der Waals surface area contributed by atoms with E-state index >= 15 is 0 Å². The van der Waals surface area contributed by atoms with Gasteiger partial charge in [-0.05, 0) is 26.0 Å². The van der Waals surface area contributed by atoms with Crippen LogP contribution in [0.4, 0.5) is 19.0 Å². The van der Waals surface area contributed by atoms with Crippen molar-refractivity contribution in [1.29, 1.82) is 5.26 Å². The van der Waals surface area contributed by atoms with Crippen LogP contribution in [0.15, 0.2) is 30.7 Å². The molecular formula is C18H22F3N7O. The average Bonchev–Trinajstić information content (AvgIpc) is 3.09. The van der Waals surface area contributed by atoms with Crippen LogP contribution in [-0.4, -0.2) is 44.1 Å². The molecule has 11 heteroatoms. The Morgan fingerprint density at radius 3 is 2.79 bits per heavy atom. The summed E-state index contributed by atoms with van der Waals surface area (Å²) in [6.07, 6.45) is 0.0277. The zero-order chi connectivity index (χ0) is 21.2. The SMILES string of the molecule is CC(C)(Nc1nc(-c2c[nH]c3ncccc23)ncc1C#N)C(=O)NCC(F)(F)F.[HH].[HH].[HH]. The molecule has 0 saturated heterocycles. The van der Waals surface area contributed by atoms with Gasteiger partial charge in [-0.1, -0.05) is 0 Å². The number of halogens is 3. The van der Waals surface area contributed by atoms with Crippen molar-refractivity contribution in [2.24, 2.45) is 0 Å². The molecule has 3 aromatic heterocycles. The molecule has 8 nitrogen and oxygen atoms in total. The second-order valence-electron chi connectivity index (χ2n) is 6.72. The van der Waals surface area contributed by atoms with Crippen LogP contribution in [0.5, 0.6) is 0 Å². The summed E-state index contributed by atoms with van der Waals surface area (Å²) in [4.78, 5) is 27.9. The van der Waals surface area contributed by atoms with Crippen molar-refractivity contribution in [3.05, 3.63) is 36.3 Å². The van der Waals surface area contributed by atoms with Crippen molar-refractivity contribution in [1.82, 2.24) is 25.3 Å². The molecule has 3 rings (SSSR count). The molecule has 3 heterocycles. The number of carbonyl (C=O) groups excluding carboxylic acids is 1. The molecule has 29 heavy (non-hydrogen) atoms. The second-order valence-corrected chi connectivity index (χ2v) is 6.72. The molecule has 156 valence electrons. The van der Waals surface area contributed by atoms with E-state index in [9.17, 15) is 23.2 Å². The van der Waals surface area contributed by atoms with Crippen LogP contribution in [0.25, 0.3) is 22.4 Å². The lowest BCUT2D eigenvalue weighted by atomic mass is 10.0. The number of H-pyrrole nitrogens is 1. The molecule has 3 N–H and O–H groups in total. The molecule has 0 bridgehead atoms. The Bertz CT molecular complexity index is 1110. The molecule has 0 radical (unpaired) electrons. The number of carbonyl (C=O) groups is 1. The summed E-state index contributed by atoms with van der Waals surface area (Å²) in [7, 11) is 0. The highest BCUT2D eigenvalue weighted by Gasteiger charge is 2.34. The number of fused-ring (bicyclic) bond motifs is 1. The average molecular weight is 409 g/mol. The highest BCUT2D eigenvalue weighted by atomic mass is 19.4. The predicted octanol–water partition coefficient (Wildman–Crippen LogP) is 3.50. The monoisotopic (exact) mass is 409 g/mol. The normalized spacial score (nSPS) is 11.9. The van der Waals surface area contributed by atoms with E-state index < -0.39 is 24.2 Å². The number of hydrogen-bond donors (Lipinski definition) is 3. The molecule has 0 saturated carbocycles. The molecule has 0 fully saturated rings. The number of rotatable bonds is 5. The third kappa shape index (κ3) is 4.43. The highest BCUT2D eigenvalue weighted by molar-refractivity contribution is 5.92. The van der Waals surface area contributed by atoms with Gasteiger partial charge in [0.05, 0.1) is 6.20 Å². The van der Waals surface area contributed by atoms with E-state index in [1.54, 1.807) is 18.5 Å². The first-order valence-corrected chi connectivity index (χ1v) is 8.43. The Morgan fingerprint density at radius 1 is 1.34 bits per heavy atom. The molecule has 0 atom stereocenters. The maximum Gasteiger partial charge on any atom is 0.405 e. The van der Waals surface area contributed by atoms with Crippen molar-refractivity contribution in [2.75, 3.05) is 11.9 Å². The number of aromatic nitrogens is 4. The first kappa shape index (κ1) is 20.1. The lowest BCUT2D eigenvalue weighted by molar-refractivity contribution is -0.140. The van der Waals surface area contributed by atoms with Crippen molar-refractivity contribution in [3.63, 3.8) is 0 Å². The van der Waals surface area contributed by atoms with Crippen LogP contribution in [0, 0.1) is 11.3 Å². The molecular weight excluding hydrogens is 387 g/mol. The van der Waals surface area contributed by atoms with Gasteiger partial charge < -0.3 is 15.6 Å².